The van der Waals surface area contributed by atoms with Gasteiger partial charge in [-0.3, -0.25) is 0 Å². The maximum absolute atomic E-state index is 2.56. The molecule has 0 saturated carbocycles. The van der Waals surface area contributed by atoms with Crippen molar-refractivity contribution in [3.05, 3.63) is 34.9 Å². The molecule has 0 fully saturated rings. The zero-order valence-corrected chi connectivity index (χ0v) is 11.7. The first kappa shape index (κ1) is 12.6. The van der Waals surface area contributed by atoms with Crippen LogP contribution in [0.2, 0.25) is 0 Å². The highest BCUT2D eigenvalue weighted by Gasteiger charge is 2.23. The summed E-state index contributed by atoms with van der Waals surface area (Å²) in [5, 5.41) is 0. The second-order valence-electron chi connectivity index (χ2n) is 5.94. The topological polar surface area (TPSA) is 3.24 Å². The summed E-state index contributed by atoms with van der Waals surface area (Å²) in [5.74, 6) is 0.762. The molecule has 0 saturated heterocycles. The molecule has 1 nitrogen and oxygen atoms in total. The fourth-order valence-electron chi connectivity index (χ4n) is 3.05. The van der Waals surface area contributed by atoms with Crippen molar-refractivity contribution in [2.45, 2.75) is 46.1 Å². The summed E-state index contributed by atoms with van der Waals surface area (Å²) in [6.45, 7) is 8.08. The van der Waals surface area contributed by atoms with Gasteiger partial charge in [-0.15, -0.1) is 0 Å². The maximum Gasteiger partial charge on any atom is 0.0136 e. The number of fused-ring (bicyclic) bond motifs is 1. The van der Waals surface area contributed by atoms with Crippen LogP contribution < -0.4 is 0 Å². The van der Waals surface area contributed by atoms with Gasteiger partial charge in [-0.05, 0) is 55.8 Å². The summed E-state index contributed by atoms with van der Waals surface area (Å²) in [5.41, 5.74) is 4.67. The molecule has 1 aliphatic carbocycles. The molecule has 0 heterocycles. The third-order valence-corrected chi connectivity index (χ3v) is 3.97. The first-order chi connectivity index (χ1) is 8.08. The quantitative estimate of drug-likeness (QED) is 0.770. The highest BCUT2D eigenvalue weighted by molar-refractivity contribution is 5.37. The predicted octanol–water partition coefficient (Wildman–Crippen LogP) is 3.44. The summed E-state index contributed by atoms with van der Waals surface area (Å²) in [6, 6.07) is 7.50. The molecule has 1 atom stereocenters. The number of nitrogens with zero attached hydrogens (tertiary/aromatic N) is 1. The van der Waals surface area contributed by atoms with Crippen LogP contribution in [0.3, 0.4) is 0 Å². The largest absolute Gasteiger partial charge is 0.303 e. The van der Waals surface area contributed by atoms with Gasteiger partial charge >= 0.3 is 0 Å². The van der Waals surface area contributed by atoms with Crippen LogP contribution in [0.25, 0.3) is 0 Å². The van der Waals surface area contributed by atoms with Crippen LogP contribution in [0, 0.1) is 12.8 Å². The Morgan fingerprint density at radius 3 is 2.82 bits per heavy atom. The number of aryl methyl sites for hydroxylation is 2. The van der Waals surface area contributed by atoms with E-state index in [2.05, 4.69) is 50.9 Å². The molecular weight excluding hydrogens is 206 g/mol. The van der Waals surface area contributed by atoms with E-state index in [0.717, 1.165) is 12.0 Å². The highest BCUT2D eigenvalue weighted by Crippen LogP contribution is 2.26. The highest BCUT2D eigenvalue weighted by atomic mass is 15.1. The monoisotopic (exact) mass is 231 g/mol. The van der Waals surface area contributed by atoms with Crippen molar-refractivity contribution in [2.75, 3.05) is 13.6 Å². The van der Waals surface area contributed by atoms with E-state index in [0.29, 0.717) is 0 Å². The van der Waals surface area contributed by atoms with Crippen molar-refractivity contribution < 1.29 is 0 Å². The van der Waals surface area contributed by atoms with Crippen LogP contribution in [-0.2, 0) is 12.8 Å². The van der Waals surface area contributed by atoms with Crippen LogP contribution in [-0.4, -0.2) is 24.5 Å². The zero-order chi connectivity index (χ0) is 12.4. The number of benzene rings is 1. The molecule has 17 heavy (non-hydrogen) atoms. The number of hydrogen-bond acceptors (Lipinski definition) is 1. The molecule has 1 unspecified atom stereocenters. The van der Waals surface area contributed by atoms with Gasteiger partial charge in [-0.2, -0.15) is 0 Å². The number of likely N-dealkylation sites (N-methyl/N-ethyl adjacent to an activating group) is 1. The normalized spacial score (nSPS) is 19.8. The second kappa shape index (κ2) is 5.22. The second-order valence-corrected chi connectivity index (χ2v) is 5.94. The molecule has 2 rings (SSSR count). The van der Waals surface area contributed by atoms with Gasteiger partial charge < -0.3 is 4.90 Å². The Bertz CT molecular complexity index is 381. The van der Waals surface area contributed by atoms with E-state index in [1.54, 1.807) is 11.1 Å². The van der Waals surface area contributed by atoms with Crippen molar-refractivity contribution >= 4 is 0 Å². The Morgan fingerprint density at radius 2 is 2.12 bits per heavy atom. The van der Waals surface area contributed by atoms with Gasteiger partial charge in [0, 0.05) is 12.6 Å². The molecule has 1 aliphatic rings. The van der Waals surface area contributed by atoms with Crippen molar-refractivity contribution in [3.8, 4) is 0 Å². The van der Waals surface area contributed by atoms with Gasteiger partial charge in [-0.1, -0.05) is 32.0 Å². The molecule has 0 N–H and O–H groups in total. The Labute approximate surface area is 106 Å². The van der Waals surface area contributed by atoms with Gasteiger partial charge in [-0.25, -0.2) is 0 Å². The van der Waals surface area contributed by atoms with E-state index in [-0.39, 0.29) is 0 Å². The predicted molar refractivity (Wildman–Crippen MR) is 74.5 cm³/mol. The fourth-order valence-corrected chi connectivity index (χ4v) is 3.05. The number of hydrogen-bond donors (Lipinski definition) is 0. The average molecular weight is 231 g/mol. The van der Waals surface area contributed by atoms with Crippen LogP contribution in [0.4, 0.5) is 0 Å². The van der Waals surface area contributed by atoms with Gasteiger partial charge in [0.1, 0.15) is 0 Å². The molecule has 0 spiro atoms. The van der Waals surface area contributed by atoms with Crippen LogP contribution >= 0.6 is 0 Å². The SMILES string of the molecule is Cc1cccc2c1CC(N(C)CC(C)C)CC2. The Morgan fingerprint density at radius 1 is 1.35 bits per heavy atom. The minimum Gasteiger partial charge on any atom is -0.303 e. The van der Waals surface area contributed by atoms with Crippen molar-refractivity contribution in [1.29, 1.82) is 0 Å². The molecule has 1 aromatic carbocycles. The van der Waals surface area contributed by atoms with E-state index in [1.165, 1.54) is 31.4 Å². The molecule has 0 aliphatic heterocycles. The summed E-state index contributed by atoms with van der Waals surface area (Å²) in [7, 11) is 2.29. The molecule has 94 valence electrons. The van der Waals surface area contributed by atoms with Crippen LogP contribution in [0.1, 0.15) is 37.0 Å². The van der Waals surface area contributed by atoms with Crippen molar-refractivity contribution in [1.82, 2.24) is 4.90 Å². The van der Waals surface area contributed by atoms with Gasteiger partial charge in [0.05, 0.1) is 0 Å². The number of rotatable bonds is 3. The van der Waals surface area contributed by atoms with E-state index in [9.17, 15) is 0 Å². The Balaban J connectivity index is 2.10. The van der Waals surface area contributed by atoms with E-state index in [1.807, 2.05) is 0 Å². The van der Waals surface area contributed by atoms with Gasteiger partial charge in [0.25, 0.3) is 0 Å². The molecule has 0 amide bonds. The average Bonchev–Trinajstić information content (AvgIpc) is 2.28. The lowest BCUT2D eigenvalue weighted by molar-refractivity contribution is 0.200. The molecule has 1 aromatic rings. The Kier molecular flexibility index (Phi) is 3.88. The van der Waals surface area contributed by atoms with E-state index < -0.39 is 0 Å². The maximum atomic E-state index is 2.56. The zero-order valence-electron chi connectivity index (χ0n) is 11.7. The third-order valence-electron chi connectivity index (χ3n) is 3.97. The van der Waals surface area contributed by atoms with E-state index in [4.69, 9.17) is 0 Å². The minimum atomic E-state index is 0.742. The lowest BCUT2D eigenvalue weighted by Crippen LogP contribution is -2.38. The lowest BCUT2D eigenvalue weighted by atomic mass is 9.85. The Hall–Kier alpha value is -0.820. The van der Waals surface area contributed by atoms with E-state index >= 15 is 0 Å². The summed E-state index contributed by atoms with van der Waals surface area (Å²) in [6.07, 6.45) is 3.81. The first-order valence-corrected chi connectivity index (χ1v) is 6.85. The summed E-state index contributed by atoms with van der Waals surface area (Å²) in [4.78, 5) is 2.56. The van der Waals surface area contributed by atoms with Crippen molar-refractivity contribution in [2.24, 2.45) is 5.92 Å². The van der Waals surface area contributed by atoms with Crippen LogP contribution in [0.15, 0.2) is 18.2 Å². The van der Waals surface area contributed by atoms with Crippen LogP contribution in [0.5, 0.6) is 0 Å². The molecule has 0 radical (unpaired) electrons. The smallest absolute Gasteiger partial charge is 0.0136 e. The molecular formula is C16H25N. The van der Waals surface area contributed by atoms with Gasteiger partial charge in [0.2, 0.25) is 0 Å². The minimum absolute atomic E-state index is 0.742. The fraction of sp³-hybridized carbons (Fsp3) is 0.625. The molecule has 1 heteroatoms. The van der Waals surface area contributed by atoms with Gasteiger partial charge in [0.15, 0.2) is 0 Å². The molecule has 0 bridgehead atoms. The molecule has 0 aromatic heterocycles. The summed E-state index contributed by atoms with van der Waals surface area (Å²) < 4.78 is 0. The third kappa shape index (κ3) is 2.90. The first-order valence-electron chi connectivity index (χ1n) is 6.85. The lowest BCUT2D eigenvalue weighted by Gasteiger charge is -2.34. The van der Waals surface area contributed by atoms with Crippen molar-refractivity contribution in [3.63, 3.8) is 0 Å². The standard InChI is InChI=1S/C16H25N/c1-12(2)11-17(4)15-9-8-14-7-5-6-13(3)16(14)10-15/h5-7,12,15H,8-11H2,1-4H3. The summed E-state index contributed by atoms with van der Waals surface area (Å²) >= 11 is 0.